The molecule has 0 aromatic rings. The average molecular weight is 188 g/mol. The third-order valence-corrected chi connectivity index (χ3v) is 0.355. The summed E-state index contributed by atoms with van der Waals surface area (Å²) in [6.07, 6.45) is 0.769. The minimum absolute atomic E-state index is 0. The van der Waals surface area contributed by atoms with Gasteiger partial charge in [0, 0.05) is 0 Å². The van der Waals surface area contributed by atoms with Crippen LogP contribution in [0.2, 0.25) is 0 Å². The van der Waals surface area contributed by atoms with E-state index in [9.17, 15) is 19.8 Å². The van der Waals surface area contributed by atoms with Crippen molar-refractivity contribution in [1.82, 2.24) is 0 Å². The van der Waals surface area contributed by atoms with Crippen molar-refractivity contribution in [2.24, 2.45) is 0 Å². The number of carboxylic acids is 2. The van der Waals surface area contributed by atoms with Crippen molar-refractivity contribution in [3.05, 3.63) is 12.2 Å². The largest absolute Gasteiger partial charge is 2.00 e. The van der Waals surface area contributed by atoms with Gasteiger partial charge in [0.05, 0.1) is 11.9 Å². The molecule has 0 spiro atoms. The van der Waals surface area contributed by atoms with E-state index in [4.69, 9.17) is 0 Å². The minimum atomic E-state index is -1.55. The van der Waals surface area contributed by atoms with Crippen molar-refractivity contribution >= 4 is 11.9 Å². The van der Waals surface area contributed by atoms with Crippen LogP contribution in [0.3, 0.4) is 0 Å². The zero-order chi connectivity index (χ0) is 6.57. The topological polar surface area (TPSA) is 112 Å². The molecule has 0 saturated carbocycles. The predicted molar refractivity (Wildman–Crippen MR) is 22.8 cm³/mol. The fraction of sp³-hybridized carbons (Fsp3) is 0. The van der Waals surface area contributed by atoms with Crippen LogP contribution in [0.15, 0.2) is 12.2 Å². The third kappa shape index (κ3) is 15.7. The van der Waals surface area contributed by atoms with Crippen LogP contribution in [-0.2, 0) is 26.7 Å². The maximum atomic E-state index is 9.41. The number of carboxylic acid groups (broad SMARTS) is 2. The van der Waals surface area contributed by atoms with Gasteiger partial charge in [-0.3, -0.25) is 0 Å². The summed E-state index contributed by atoms with van der Waals surface area (Å²) in [6, 6.07) is 0. The maximum Gasteiger partial charge on any atom is 2.00 e. The molecule has 0 bridgehead atoms. The first-order valence-corrected chi connectivity index (χ1v) is 1.73. The number of rotatable bonds is 2. The predicted octanol–water partition coefficient (Wildman–Crippen LogP) is -3.78. The first-order chi connectivity index (χ1) is 3.63. The summed E-state index contributed by atoms with van der Waals surface area (Å²) in [6.45, 7) is 0. The molecule has 0 unspecified atom stereocenters. The SMILES string of the molecule is O.O=C([O-])/C=C/C(=O)[O-].[Fe+2]. The van der Waals surface area contributed by atoms with Gasteiger partial charge in [-0.2, -0.15) is 0 Å². The molecule has 0 aliphatic carbocycles. The Hall–Kier alpha value is -0.841. The number of aliphatic carboxylic acids is 2. The second kappa shape index (κ2) is 8.16. The Morgan fingerprint density at radius 2 is 1.20 bits per heavy atom. The van der Waals surface area contributed by atoms with Crippen molar-refractivity contribution in [1.29, 1.82) is 0 Å². The van der Waals surface area contributed by atoms with Gasteiger partial charge in [-0.1, -0.05) is 0 Å². The van der Waals surface area contributed by atoms with Crippen LogP contribution in [0, 0.1) is 0 Å². The van der Waals surface area contributed by atoms with E-state index in [1.54, 1.807) is 0 Å². The molecule has 5 nitrogen and oxygen atoms in total. The number of carbonyl (C=O) groups excluding carboxylic acids is 2. The van der Waals surface area contributed by atoms with Crippen molar-refractivity contribution < 1.29 is 42.3 Å². The van der Waals surface area contributed by atoms with Crippen LogP contribution < -0.4 is 10.2 Å². The van der Waals surface area contributed by atoms with E-state index in [-0.39, 0.29) is 22.5 Å². The van der Waals surface area contributed by atoms with Crippen LogP contribution in [0.4, 0.5) is 0 Å². The Morgan fingerprint density at radius 1 is 1.00 bits per heavy atom. The minimum Gasteiger partial charge on any atom is -0.545 e. The number of hydrogen-bond acceptors (Lipinski definition) is 4. The van der Waals surface area contributed by atoms with Crippen LogP contribution in [0.25, 0.3) is 0 Å². The molecule has 0 radical (unpaired) electrons. The molecule has 0 fully saturated rings. The van der Waals surface area contributed by atoms with Crippen molar-refractivity contribution in [3.8, 4) is 0 Å². The van der Waals surface area contributed by atoms with Gasteiger partial charge < -0.3 is 25.3 Å². The summed E-state index contributed by atoms with van der Waals surface area (Å²) in [4.78, 5) is 18.8. The molecule has 6 heteroatoms. The van der Waals surface area contributed by atoms with Gasteiger partial charge in [0.15, 0.2) is 0 Å². The van der Waals surface area contributed by atoms with Gasteiger partial charge in [0.25, 0.3) is 0 Å². The molecule has 0 heterocycles. The molecule has 0 aromatic heterocycles. The van der Waals surface area contributed by atoms with E-state index in [2.05, 4.69) is 0 Å². The smallest absolute Gasteiger partial charge is 0.545 e. The summed E-state index contributed by atoms with van der Waals surface area (Å²) in [7, 11) is 0. The summed E-state index contributed by atoms with van der Waals surface area (Å²) in [5.41, 5.74) is 0. The molecular formula is C4H4FeO5. The van der Waals surface area contributed by atoms with Crippen molar-refractivity contribution in [2.45, 2.75) is 0 Å². The molecular weight excluding hydrogens is 184 g/mol. The first-order valence-electron chi connectivity index (χ1n) is 1.73. The Morgan fingerprint density at radius 3 is 1.30 bits per heavy atom. The molecule has 2 N–H and O–H groups in total. The first kappa shape index (κ1) is 16.1. The van der Waals surface area contributed by atoms with E-state index < -0.39 is 11.9 Å². The summed E-state index contributed by atoms with van der Waals surface area (Å²) in [5.74, 6) is -3.09. The van der Waals surface area contributed by atoms with E-state index >= 15 is 0 Å². The monoisotopic (exact) mass is 188 g/mol. The second-order valence-corrected chi connectivity index (χ2v) is 0.971. The van der Waals surface area contributed by atoms with Crippen LogP contribution in [0.1, 0.15) is 0 Å². The molecule has 0 saturated heterocycles. The summed E-state index contributed by atoms with van der Waals surface area (Å²) < 4.78 is 0. The molecule has 0 amide bonds. The summed E-state index contributed by atoms with van der Waals surface area (Å²) >= 11 is 0. The molecule has 58 valence electrons. The van der Waals surface area contributed by atoms with Gasteiger partial charge in [0.2, 0.25) is 0 Å². The fourth-order valence-corrected chi connectivity index (χ4v) is 0.136. The van der Waals surface area contributed by atoms with Gasteiger partial charge in [-0.25, -0.2) is 0 Å². The average Bonchev–Trinajstić information content (AvgIpc) is 1.61. The third-order valence-electron chi connectivity index (χ3n) is 0.355. The quantitative estimate of drug-likeness (QED) is 0.326. The Bertz CT molecular complexity index is 125. The van der Waals surface area contributed by atoms with Crippen molar-refractivity contribution in [2.75, 3.05) is 0 Å². The number of carbonyl (C=O) groups is 2. The Labute approximate surface area is 67.1 Å². The summed E-state index contributed by atoms with van der Waals surface area (Å²) in [5, 5.41) is 18.8. The molecule has 0 aromatic carbocycles. The maximum absolute atomic E-state index is 9.41. The fourth-order valence-electron chi connectivity index (χ4n) is 0.136. The number of hydrogen-bond donors (Lipinski definition) is 0. The molecule has 10 heavy (non-hydrogen) atoms. The Balaban J connectivity index is -0.000000245. The molecule has 0 rings (SSSR count). The van der Waals surface area contributed by atoms with E-state index in [1.807, 2.05) is 0 Å². The second-order valence-electron chi connectivity index (χ2n) is 0.971. The van der Waals surface area contributed by atoms with E-state index in [0.29, 0.717) is 12.2 Å². The molecule has 0 aliphatic rings. The molecule has 0 atom stereocenters. The van der Waals surface area contributed by atoms with Crippen LogP contribution in [-0.4, -0.2) is 17.4 Å². The van der Waals surface area contributed by atoms with Gasteiger partial charge in [-0.05, 0) is 12.2 Å². The van der Waals surface area contributed by atoms with Crippen molar-refractivity contribution in [3.63, 3.8) is 0 Å². The normalized spacial score (nSPS) is 7.60. The van der Waals surface area contributed by atoms with E-state index in [0.717, 1.165) is 0 Å². The molecule has 0 aliphatic heterocycles. The zero-order valence-corrected chi connectivity index (χ0v) is 5.75. The van der Waals surface area contributed by atoms with Crippen LogP contribution in [0.5, 0.6) is 0 Å². The van der Waals surface area contributed by atoms with Gasteiger partial charge in [-0.15, -0.1) is 0 Å². The standard InChI is InChI=1S/C4H4O4.Fe.H2O/c5-3(6)1-2-4(7)8;;/h1-2H,(H,5,6)(H,7,8);;1H2/q;+2;/p-2/b2-1+;;. The zero-order valence-electron chi connectivity index (χ0n) is 4.64. The Kier molecular flexibility index (Phi) is 13.1. The van der Waals surface area contributed by atoms with Gasteiger partial charge in [0.1, 0.15) is 0 Å². The van der Waals surface area contributed by atoms with Gasteiger partial charge >= 0.3 is 17.1 Å². The van der Waals surface area contributed by atoms with Crippen LogP contribution >= 0.6 is 0 Å². The van der Waals surface area contributed by atoms with E-state index in [1.165, 1.54) is 0 Å².